The Morgan fingerprint density at radius 3 is 2.90 bits per heavy atom. The zero-order valence-electron chi connectivity index (χ0n) is 12.8. The minimum Gasteiger partial charge on any atom is -0.383 e. The summed E-state index contributed by atoms with van der Waals surface area (Å²) in [7, 11) is 1.76. The molecule has 2 unspecified atom stereocenters. The summed E-state index contributed by atoms with van der Waals surface area (Å²) >= 11 is 0. The number of nitrogens with zero attached hydrogens (tertiary/aromatic N) is 1. The van der Waals surface area contributed by atoms with Crippen LogP contribution in [0.25, 0.3) is 0 Å². The van der Waals surface area contributed by atoms with Crippen LogP contribution in [-0.4, -0.2) is 44.8 Å². The second-order valence-electron chi connectivity index (χ2n) is 5.79. The molecule has 1 N–H and O–H groups in total. The Labute approximate surface area is 123 Å². The van der Waals surface area contributed by atoms with Crippen molar-refractivity contribution in [3.05, 3.63) is 35.9 Å². The molecule has 0 amide bonds. The van der Waals surface area contributed by atoms with Crippen molar-refractivity contribution in [2.45, 2.75) is 25.8 Å². The van der Waals surface area contributed by atoms with E-state index in [1.807, 2.05) is 0 Å². The molecule has 1 saturated heterocycles. The number of piperidine rings is 1. The van der Waals surface area contributed by atoms with Gasteiger partial charge in [0, 0.05) is 26.2 Å². The number of hydrogen-bond acceptors (Lipinski definition) is 3. The molecule has 1 aliphatic rings. The molecule has 3 nitrogen and oxygen atoms in total. The summed E-state index contributed by atoms with van der Waals surface area (Å²) in [6.45, 7) is 7.64. The van der Waals surface area contributed by atoms with Crippen molar-refractivity contribution in [3.63, 3.8) is 0 Å². The first-order chi connectivity index (χ1) is 9.81. The molecular formula is C17H28N2O. The highest BCUT2D eigenvalue weighted by Crippen LogP contribution is 2.26. The summed E-state index contributed by atoms with van der Waals surface area (Å²) in [4.78, 5) is 2.63. The maximum absolute atomic E-state index is 5.08. The average Bonchev–Trinajstić information content (AvgIpc) is 2.52. The number of benzene rings is 1. The molecule has 1 aromatic rings. The van der Waals surface area contributed by atoms with E-state index in [4.69, 9.17) is 4.74 Å². The van der Waals surface area contributed by atoms with Crippen LogP contribution in [0, 0.1) is 5.92 Å². The zero-order valence-corrected chi connectivity index (χ0v) is 12.8. The van der Waals surface area contributed by atoms with E-state index in [0.29, 0.717) is 6.04 Å². The van der Waals surface area contributed by atoms with Crippen molar-refractivity contribution in [3.8, 4) is 0 Å². The van der Waals surface area contributed by atoms with Gasteiger partial charge in [0.25, 0.3) is 0 Å². The molecule has 0 radical (unpaired) electrons. The molecule has 1 heterocycles. The van der Waals surface area contributed by atoms with Crippen LogP contribution in [0.1, 0.15) is 31.4 Å². The molecule has 0 aliphatic carbocycles. The quantitative estimate of drug-likeness (QED) is 0.775. The third kappa shape index (κ3) is 4.58. The fourth-order valence-corrected chi connectivity index (χ4v) is 3.04. The van der Waals surface area contributed by atoms with Crippen LogP contribution in [0.4, 0.5) is 0 Å². The van der Waals surface area contributed by atoms with Crippen molar-refractivity contribution in [2.75, 3.05) is 39.9 Å². The number of likely N-dealkylation sites (tertiary alicyclic amines) is 1. The highest BCUT2D eigenvalue weighted by atomic mass is 16.5. The SMILES string of the molecule is COCCNCC1CCCN(C(C)c2ccccc2)C1. The minimum absolute atomic E-state index is 0.526. The van der Waals surface area contributed by atoms with Gasteiger partial charge in [0.15, 0.2) is 0 Å². The normalized spacial score (nSPS) is 21.8. The van der Waals surface area contributed by atoms with Gasteiger partial charge < -0.3 is 10.1 Å². The Bertz CT molecular complexity index is 369. The molecule has 0 spiro atoms. The Morgan fingerprint density at radius 2 is 2.15 bits per heavy atom. The van der Waals surface area contributed by atoms with Crippen molar-refractivity contribution in [2.24, 2.45) is 5.92 Å². The van der Waals surface area contributed by atoms with Gasteiger partial charge in [0.05, 0.1) is 6.61 Å². The van der Waals surface area contributed by atoms with Crippen molar-refractivity contribution in [1.82, 2.24) is 10.2 Å². The molecule has 0 bridgehead atoms. The number of rotatable bonds is 7. The smallest absolute Gasteiger partial charge is 0.0587 e. The topological polar surface area (TPSA) is 24.5 Å². The summed E-state index contributed by atoms with van der Waals surface area (Å²) < 4.78 is 5.08. The van der Waals surface area contributed by atoms with E-state index < -0.39 is 0 Å². The van der Waals surface area contributed by atoms with Crippen LogP contribution >= 0.6 is 0 Å². The Morgan fingerprint density at radius 1 is 1.35 bits per heavy atom. The van der Waals surface area contributed by atoms with Gasteiger partial charge in [-0.05, 0) is 44.3 Å². The first-order valence-electron chi connectivity index (χ1n) is 7.80. The Hall–Kier alpha value is -0.900. The van der Waals surface area contributed by atoms with Gasteiger partial charge in [0.2, 0.25) is 0 Å². The number of hydrogen-bond donors (Lipinski definition) is 1. The zero-order chi connectivity index (χ0) is 14.2. The van der Waals surface area contributed by atoms with Crippen LogP contribution in [-0.2, 0) is 4.74 Å². The summed E-state index contributed by atoms with van der Waals surface area (Å²) in [6, 6.07) is 11.4. The van der Waals surface area contributed by atoms with Gasteiger partial charge in [-0.1, -0.05) is 30.3 Å². The molecule has 1 fully saturated rings. The lowest BCUT2D eigenvalue weighted by molar-refractivity contribution is 0.128. The number of methoxy groups -OCH3 is 1. The lowest BCUT2D eigenvalue weighted by atomic mass is 9.95. The number of ether oxygens (including phenoxy) is 1. The molecule has 3 heteroatoms. The Kier molecular flexibility index (Phi) is 6.51. The summed E-state index contributed by atoms with van der Waals surface area (Å²) in [5.74, 6) is 0.770. The lowest BCUT2D eigenvalue weighted by Gasteiger charge is -2.37. The molecule has 2 rings (SSSR count). The van der Waals surface area contributed by atoms with Gasteiger partial charge in [0.1, 0.15) is 0 Å². The first-order valence-corrected chi connectivity index (χ1v) is 7.80. The van der Waals surface area contributed by atoms with Crippen LogP contribution < -0.4 is 5.32 Å². The van der Waals surface area contributed by atoms with E-state index in [9.17, 15) is 0 Å². The molecular weight excluding hydrogens is 248 g/mol. The second kappa shape index (κ2) is 8.40. The maximum Gasteiger partial charge on any atom is 0.0587 e. The van der Waals surface area contributed by atoms with Crippen molar-refractivity contribution in [1.29, 1.82) is 0 Å². The fourth-order valence-electron chi connectivity index (χ4n) is 3.04. The van der Waals surface area contributed by atoms with Crippen LogP contribution in [0.2, 0.25) is 0 Å². The van der Waals surface area contributed by atoms with E-state index in [1.54, 1.807) is 7.11 Å². The van der Waals surface area contributed by atoms with Gasteiger partial charge in [-0.25, -0.2) is 0 Å². The van der Waals surface area contributed by atoms with E-state index in [0.717, 1.165) is 25.6 Å². The molecule has 2 atom stereocenters. The third-order valence-corrected chi connectivity index (χ3v) is 4.30. The van der Waals surface area contributed by atoms with Gasteiger partial charge in [-0.3, -0.25) is 4.90 Å². The molecule has 112 valence electrons. The predicted octanol–water partition coefficient (Wildman–Crippen LogP) is 2.70. The van der Waals surface area contributed by atoms with Crippen molar-refractivity contribution >= 4 is 0 Å². The summed E-state index contributed by atoms with van der Waals surface area (Å²) in [6.07, 6.45) is 2.66. The second-order valence-corrected chi connectivity index (χ2v) is 5.79. The van der Waals surface area contributed by atoms with Crippen LogP contribution in [0.15, 0.2) is 30.3 Å². The molecule has 20 heavy (non-hydrogen) atoms. The van der Waals surface area contributed by atoms with Gasteiger partial charge in [-0.15, -0.1) is 0 Å². The molecule has 1 aromatic carbocycles. The lowest BCUT2D eigenvalue weighted by Crippen LogP contribution is -2.41. The predicted molar refractivity (Wildman–Crippen MR) is 83.9 cm³/mol. The molecule has 0 aromatic heterocycles. The molecule has 0 saturated carbocycles. The van der Waals surface area contributed by atoms with Crippen molar-refractivity contribution < 1.29 is 4.74 Å². The average molecular weight is 276 g/mol. The van der Waals surface area contributed by atoms with E-state index in [-0.39, 0.29) is 0 Å². The van der Waals surface area contributed by atoms with E-state index >= 15 is 0 Å². The maximum atomic E-state index is 5.08. The largest absolute Gasteiger partial charge is 0.383 e. The minimum atomic E-state index is 0.526. The van der Waals surface area contributed by atoms with Crippen LogP contribution in [0.5, 0.6) is 0 Å². The highest BCUT2D eigenvalue weighted by Gasteiger charge is 2.23. The van der Waals surface area contributed by atoms with Crippen LogP contribution in [0.3, 0.4) is 0 Å². The van der Waals surface area contributed by atoms with E-state index in [1.165, 1.54) is 31.5 Å². The van der Waals surface area contributed by atoms with Gasteiger partial charge >= 0.3 is 0 Å². The summed E-state index contributed by atoms with van der Waals surface area (Å²) in [5, 5.41) is 3.50. The number of nitrogens with one attached hydrogen (secondary N) is 1. The first kappa shape index (κ1) is 15.5. The fraction of sp³-hybridized carbons (Fsp3) is 0.647. The van der Waals surface area contributed by atoms with E-state index in [2.05, 4.69) is 47.5 Å². The summed E-state index contributed by atoms with van der Waals surface area (Å²) in [5.41, 5.74) is 1.43. The monoisotopic (exact) mass is 276 g/mol. The standard InChI is InChI=1S/C17H28N2O/c1-15(17-8-4-3-5-9-17)19-11-6-7-16(14-19)13-18-10-12-20-2/h3-5,8-9,15-16,18H,6-7,10-14H2,1-2H3. The third-order valence-electron chi connectivity index (χ3n) is 4.30. The highest BCUT2D eigenvalue weighted by molar-refractivity contribution is 5.18. The van der Waals surface area contributed by atoms with Gasteiger partial charge in [-0.2, -0.15) is 0 Å². The Balaban J connectivity index is 1.81. The molecule has 1 aliphatic heterocycles.